The van der Waals surface area contributed by atoms with Crippen LogP contribution in [0.2, 0.25) is 0 Å². The summed E-state index contributed by atoms with van der Waals surface area (Å²) in [6.45, 7) is 1.52. The minimum absolute atomic E-state index is 0.189. The summed E-state index contributed by atoms with van der Waals surface area (Å²) in [4.78, 5) is 41.5. The van der Waals surface area contributed by atoms with Crippen LogP contribution in [-0.4, -0.2) is 30.7 Å². The molecule has 0 spiro atoms. The predicted octanol–water partition coefficient (Wildman–Crippen LogP) is 3.51. The van der Waals surface area contributed by atoms with E-state index >= 15 is 0 Å². The molecule has 0 atom stereocenters. The highest BCUT2D eigenvalue weighted by atomic mass is 31.2. The fraction of sp³-hybridized carbons (Fsp3) is 0.139. The molecule has 0 aliphatic heterocycles. The highest BCUT2D eigenvalue weighted by molar-refractivity contribution is 7.51. The molecule has 0 fully saturated rings. The maximum Gasteiger partial charge on any atom is 0.331 e. The largest absolute Gasteiger partial charge is 0.331 e. The number of hydrogen-bond donors (Lipinski definition) is 4. The first-order valence-electron chi connectivity index (χ1n) is 15.6. The average molecular weight is 698 g/mol. The maximum absolute atomic E-state index is 11.3. The lowest BCUT2D eigenvalue weighted by Crippen LogP contribution is -2.35. The van der Waals surface area contributed by atoms with Gasteiger partial charge in [-0.1, -0.05) is 18.2 Å². The fourth-order valence-electron chi connectivity index (χ4n) is 5.44. The van der Waals surface area contributed by atoms with E-state index in [1.807, 2.05) is 121 Å². The molecule has 5 heterocycles. The number of rotatable bonds is 12. The molecule has 0 radical (unpaired) electrons. The van der Waals surface area contributed by atoms with E-state index in [1.165, 1.54) is 0 Å². The van der Waals surface area contributed by atoms with Crippen LogP contribution in [0.25, 0.3) is 27.9 Å². The first-order chi connectivity index (χ1) is 23.5. The van der Waals surface area contributed by atoms with Crippen LogP contribution in [0.1, 0.15) is 17.0 Å². The molecule has 0 aliphatic carbocycles. The third-order valence-corrected chi connectivity index (χ3v) is 9.56. The number of pyridine rings is 5. The monoisotopic (exact) mass is 697 g/mol. The molecule has 4 N–H and O–H groups in total. The number of aryl methyl sites for hydroxylation is 1. The van der Waals surface area contributed by atoms with Gasteiger partial charge in [0, 0.05) is 60.7 Å². The van der Waals surface area contributed by atoms with Gasteiger partial charge in [-0.15, -0.1) is 0 Å². The van der Waals surface area contributed by atoms with Gasteiger partial charge in [-0.2, -0.15) is 13.7 Å². The molecular formula is C36H37N5O6P2+4. The van der Waals surface area contributed by atoms with Crippen LogP contribution in [0.5, 0.6) is 0 Å². The van der Waals surface area contributed by atoms with E-state index in [4.69, 9.17) is 14.8 Å². The molecule has 49 heavy (non-hydrogen) atoms. The molecule has 0 saturated heterocycles. The van der Waals surface area contributed by atoms with Crippen LogP contribution in [0.15, 0.2) is 141 Å². The summed E-state index contributed by atoms with van der Waals surface area (Å²) >= 11 is 0. The topological polar surface area (TPSA) is 143 Å². The number of hydrogen-bond acceptors (Lipinski definition) is 3. The summed E-state index contributed by atoms with van der Waals surface area (Å²) in [6, 6.07) is 29.4. The third kappa shape index (κ3) is 9.90. The zero-order chi connectivity index (χ0) is 34.4. The number of nitrogens with zero attached hydrogens (tertiary/aromatic N) is 5. The lowest BCUT2D eigenvalue weighted by molar-refractivity contribution is -0.692. The smallest absolute Gasteiger partial charge is 0.324 e. The van der Waals surface area contributed by atoms with Crippen molar-refractivity contribution < 1.29 is 47.0 Å². The van der Waals surface area contributed by atoms with E-state index in [-0.39, 0.29) is 18.9 Å². The van der Waals surface area contributed by atoms with E-state index < -0.39 is 15.2 Å². The minimum atomic E-state index is -4.10. The maximum atomic E-state index is 11.3. The molecule has 5 aromatic heterocycles. The Morgan fingerprint density at radius 1 is 0.510 bits per heavy atom. The Hall–Kier alpha value is -4.73. The van der Waals surface area contributed by atoms with Crippen LogP contribution in [-0.2, 0) is 34.9 Å². The SMILES string of the molecule is O=P(O)(O)CC[n+]1ccc(-c2cc[n+](Cc3cccc(C[n+]4ccc(-c5cc[n+](-c6ccc(CP(=O)(O)O)cc6)cc5)cc4)n3)cc2)cc1. The van der Waals surface area contributed by atoms with Gasteiger partial charge < -0.3 is 19.6 Å². The minimum Gasteiger partial charge on any atom is -0.324 e. The molecule has 6 aromatic rings. The Morgan fingerprint density at radius 2 is 0.939 bits per heavy atom. The molecule has 0 aliphatic rings. The van der Waals surface area contributed by atoms with Gasteiger partial charge in [0.2, 0.25) is 5.69 Å². The molecule has 13 heteroatoms. The van der Waals surface area contributed by atoms with Crippen LogP contribution >= 0.6 is 15.2 Å². The van der Waals surface area contributed by atoms with Crippen LogP contribution < -0.4 is 18.3 Å². The van der Waals surface area contributed by atoms with Crippen LogP contribution in [0.4, 0.5) is 0 Å². The van der Waals surface area contributed by atoms with Crippen molar-refractivity contribution in [2.45, 2.75) is 25.8 Å². The van der Waals surface area contributed by atoms with Crippen molar-refractivity contribution in [3.05, 3.63) is 158 Å². The number of benzene rings is 1. The standard InChI is InChI=1S/C36H33N5O6P2/c42-48(43,44)25-24-38-16-8-30(9-17-38)31-10-18-39(19-11-31)26-34-2-1-3-35(37-34)27-40-20-12-32(13-21-40)33-14-22-41(23-15-33)36-6-4-29(5-7-36)28-49(45,46)47/h1-23H,24-28H2/p+4. The van der Waals surface area contributed by atoms with Crippen molar-refractivity contribution >= 4 is 15.2 Å². The van der Waals surface area contributed by atoms with Crippen molar-refractivity contribution in [1.82, 2.24) is 4.98 Å². The van der Waals surface area contributed by atoms with Crippen LogP contribution in [0.3, 0.4) is 0 Å². The second-order valence-electron chi connectivity index (χ2n) is 11.8. The van der Waals surface area contributed by atoms with Gasteiger partial charge in [0.1, 0.15) is 17.5 Å². The van der Waals surface area contributed by atoms with E-state index in [0.29, 0.717) is 18.7 Å². The first kappa shape index (κ1) is 34.1. The van der Waals surface area contributed by atoms with Gasteiger partial charge in [0.25, 0.3) is 0 Å². The lowest BCUT2D eigenvalue weighted by atomic mass is 10.1. The summed E-state index contributed by atoms with van der Waals surface area (Å²) in [5.74, 6) is 0. The summed E-state index contributed by atoms with van der Waals surface area (Å²) in [7, 11) is -8.12. The molecular weight excluding hydrogens is 660 g/mol. The average Bonchev–Trinajstić information content (AvgIpc) is 3.08. The van der Waals surface area contributed by atoms with Gasteiger partial charge in [-0.25, -0.2) is 9.55 Å². The second-order valence-corrected chi connectivity index (χ2v) is 15.3. The molecule has 11 nitrogen and oxygen atoms in total. The van der Waals surface area contributed by atoms with Gasteiger partial charge in [-0.05, 0) is 39.9 Å². The highest BCUT2D eigenvalue weighted by Crippen LogP contribution is 2.39. The molecule has 0 saturated carbocycles. The van der Waals surface area contributed by atoms with E-state index in [1.54, 1.807) is 16.7 Å². The predicted molar refractivity (Wildman–Crippen MR) is 181 cm³/mol. The summed E-state index contributed by atoms with van der Waals surface area (Å²) in [6.07, 6.45) is 15.2. The molecule has 248 valence electrons. The fourth-order valence-corrected chi connectivity index (χ4v) is 6.61. The van der Waals surface area contributed by atoms with Gasteiger partial charge in [0.15, 0.2) is 69.2 Å². The van der Waals surface area contributed by atoms with Crippen molar-refractivity contribution in [3.63, 3.8) is 0 Å². The first-order valence-corrected chi connectivity index (χ1v) is 19.2. The van der Waals surface area contributed by atoms with Crippen molar-refractivity contribution in [2.75, 3.05) is 6.16 Å². The normalized spacial score (nSPS) is 11.8. The molecule has 0 amide bonds. The quantitative estimate of drug-likeness (QED) is 0.113. The summed E-state index contributed by atoms with van der Waals surface area (Å²) in [5, 5.41) is 0. The molecule has 6 rings (SSSR count). The van der Waals surface area contributed by atoms with E-state index in [0.717, 1.165) is 39.3 Å². The van der Waals surface area contributed by atoms with Crippen molar-refractivity contribution in [3.8, 4) is 27.9 Å². The Labute approximate surface area is 284 Å². The molecule has 1 aromatic carbocycles. The zero-order valence-corrected chi connectivity index (χ0v) is 28.3. The van der Waals surface area contributed by atoms with Crippen LogP contribution in [0, 0.1) is 0 Å². The van der Waals surface area contributed by atoms with E-state index in [2.05, 4.69) is 21.3 Å². The number of aromatic nitrogens is 5. The molecule has 0 bridgehead atoms. The van der Waals surface area contributed by atoms with E-state index in [9.17, 15) is 18.9 Å². The third-order valence-electron chi connectivity index (χ3n) is 8.00. The van der Waals surface area contributed by atoms with Crippen molar-refractivity contribution in [2.24, 2.45) is 0 Å². The van der Waals surface area contributed by atoms with Gasteiger partial charge in [0.05, 0.1) is 6.16 Å². The Morgan fingerprint density at radius 3 is 1.37 bits per heavy atom. The lowest BCUT2D eigenvalue weighted by Gasteiger charge is -2.04. The van der Waals surface area contributed by atoms with Crippen molar-refractivity contribution in [1.29, 1.82) is 0 Å². The summed E-state index contributed by atoms with van der Waals surface area (Å²) in [5.41, 5.74) is 7.62. The Kier molecular flexibility index (Phi) is 10.3. The highest BCUT2D eigenvalue weighted by Gasteiger charge is 2.17. The molecule has 0 unspecified atom stereocenters. The Bertz CT molecular complexity index is 2120. The summed E-state index contributed by atoms with van der Waals surface area (Å²) < 4.78 is 30.3. The second kappa shape index (κ2) is 14.8. The Balaban J connectivity index is 1.04. The van der Waals surface area contributed by atoms with Gasteiger partial charge in [-0.3, -0.25) is 9.13 Å². The zero-order valence-electron chi connectivity index (χ0n) is 26.6. The van der Waals surface area contributed by atoms with Gasteiger partial charge >= 0.3 is 15.2 Å².